The predicted octanol–water partition coefficient (Wildman–Crippen LogP) is -0.0599. The Morgan fingerprint density at radius 3 is 2.87 bits per heavy atom. The Morgan fingerprint density at radius 1 is 1.35 bits per heavy atom. The lowest BCUT2D eigenvalue weighted by Gasteiger charge is -2.32. The van der Waals surface area contributed by atoms with Gasteiger partial charge in [-0.2, -0.15) is 0 Å². The van der Waals surface area contributed by atoms with Crippen LogP contribution in [-0.2, 0) is 25.7 Å². The van der Waals surface area contributed by atoms with Crippen LogP contribution in [-0.4, -0.2) is 65.0 Å². The number of carbonyl (C=O) groups excluding carboxylic acids is 2. The fourth-order valence-corrected chi connectivity index (χ4v) is 2.94. The molecule has 124 valence electrons. The molecule has 0 bridgehead atoms. The third kappa shape index (κ3) is 3.37. The van der Waals surface area contributed by atoms with Gasteiger partial charge in [-0.05, 0) is 12.1 Å². The van der Waals surface area contributed by atoms with Crippen LogP contribution in [0.25, 0.3) is 0 Å². The molecular weight excluding hydrogens is 304 g/mol. The molecule has 2 aliphatic heterocycles. The van der Waals surface area contributed by atoms with Gasteiger partial charge in [0.25, 0.3) is 0 Å². The fourth-order valence-electron chi connectivity index (χ4n) is 2.94. The van der Waals surface area contributed by atoms with E-state index in [1.54, 1.807) is 17.0 Å². The van der Waals surface area contributed by atoms with Crippen molar-refractivity contribution >= 4 is 17.8 Å². The van der Waals surface area contributed by atoms with Crippen molar-refractivity contribution in [2.24, 2.45) is 5.92 Å². The van der Waals surface area contributed by atoms with Gasteiger partial charge < -0.3 is 24.1 Å². The highest BCUT2D eigenvalue weighted by molar-refractivity contribution is 5.89. The summed E-state index contributed by atoms with van der Waals surface area (Å²) in [5.74, 6) is -1.13. The normalized spacial score (nSPS) is 25.0. The number of amides is 2. The molecule has 0 saturated carbocycles. The monoisotopic (exact) mass is 322 g/mol. The predicted molar refractivity (Wildman–Crippen MR) is 76.2 cm³/mol. The number of carbonyl (C=O) groups is 3. The van der Waals surface area contributed by atoms with Crippen LogP contribution in [0.4, 0.5) is 0 Å². The summed E-state index contributed by atoms with van der Waals surface area (Å²) in [5, 5.41) is 9.00. The quantitative estimate of drug-likeness (QED) is 0.833. The van der Waals surface area contributed by atoms with E-state index in [2.05, 4.69) is 0 Å². The molecule has 23 heavy (non-hydrogen) atoms. The van der Waals surface area contributed by atoms with E-state index in [4.69, 9.17) is 14.3 Å². The Bertz CT molecular complexity index is 599. The lowest BCUT2D eigenvalue weighted by molar-refractivity contribution is -0.160. The molecule has 2 fully saturated rings. The second-order valence-electron chi connectivity index (χ2n) is 5.74. The van der Waals surface area contributed by atoms with Gasteiger partial charge in [0, 0.05) is 19.5 Å². The van der Waals surface area contributed by atoms with E-state index < -0.39 is 18.0 Å². The zero-order chi connectivity index (χ0) is 16.4. The second kappa shape index (κ2) is 6.41. The number of nitrogens with zero attached hydrogens (tertiary/aromatic N) is 2. The molecule has 2 aliphatic rings. The van der Waals surface area contributed by atoms with Crippen LogP contribution in [0.15, 0.2) is 22.8 Å². The fraction of sp³-hybridized carbons (Fsp3) is 0.533. The van der Waals surface area contributed by atoms with Gasteiger partial charge in [-0.15, -0.1) is 0 Å². The molecule has 2 atom stereocenters. The third-order valence-corrected chi connectivity index (χ3v) is 4.14. The summed E-state index contributed by atoms with van der Waals surface area (Å²) in [4.78, 5) is 38.7. The van der Waals surface area contributed by atoms with Crippen LogP contribution in [0, 0.1) is 5.92 Å². The lowest BCUT2D eigenvalue weighted by atomic mass is 10.1. The van der Waals surface area contributed by atoms with Crippen molar-refractivity contribution in [3.63, 3.8) is 0 Å². The molecule has 0 unspecified atom stereocenters. The SMILES string of the molecule is O=C(O)[C@@H]1CN(C(=O)[C@@H]2CC(=O)N(Cc3ccco3)C2)CCO1. The smallest absolute Gasteiger partial charge is 0.334 e. The van der Waals surface area contributed by atoms with Crippen molar-refractivity contribution in [1.29, 1.82) is 0 Å². The molecule has 1 aromatic heterocycles. The van der Waals surface area contributed by atoms with Crippen LogP contribution >= 0.6 is 0 Å². The zero-order valence-corrected chi connectivity index (χ0v) is 12.5. The Morgan fingerprint density at radius 2 is 2.17 bits per heavy atom. The van der Waals surface area contributed by atoms with Crippen LogP contribution in [0.5, 0.6) is 0 Å². The molecule has 8 heteroatoms. The highest BCUT2D eigenvalue weighted by atomic mass is 16.5. The molecule has 0 radical (unpaired) electrons. The molecule has 0 aromatic carbocycles. The standard InChI is InChI=1S/C15H18N2O6/c18-13-6-10(7-17(13)8-11-2-1-4-22-11)14(19)16-3-5-23-12(9-16)15(20)21/h1-2,4,10,12H,3,5-9H2,(H,20,21)/t10-,12+/m1/s1. The Balaban J connectivity index is 1.60. The van der Waals surface area contributed by atoms with Gasteiger partial charge >= 0.3 is 5.97 Å². The summed E-state index contributed by atoms with van der Waals surface area (Å²) in [6, 6.07) is 3.53. The molecule has 3 heterocycles. The van der Waals surface area contributed by atoms with E-state index in [1.165, 1.54) is 11.2 Å². The van der Waals surface area contributed by atoms with Gasteiger partial charge in [0.15, 0.2) is 6.10 Å². The van der Waals surface area contributed by atoms with Crippen LogP contribution < -0.4 is 0 Å². The van der Waals surface area contributed by atoms with Crippen molar-refractivity contribution in [3.05, 3.63) is 24.2 Å². The number of carboxylic acids is 1. The van der Waals surface area contributed by atoms with Gasteiger partial charge in [0.1, 0.15) is 5.76 Å². The summed E-state index contributed by atoms with van der Waals surface area (Å²) in [7, 11) is 0. The number of rotatable bonds is 4. The summed E-state index contributed by atoms with van der Waals surface area (Å²) >= 11 is 0. The minimum absolute atomic E-state index is 0.0248. The molecular formula is C15H18N2O6. The Hall–Kier alpha value is -2.35. The molecule has 1 aromatic rings. The Labute approximate surface area is 132 Å². The lowest BCUT2D eigenvalue weighted by Crippen LogP contribution is -2.50. The van der Waals surface area contributed by atoms with Gasteiger partial charge in [-0.1, -0.05) is 0 Å². The maximum absolute atomic E-state index is 12.5. The van der Waals surface area contributed by atoms with E-state index >= 15 is 0 Å². The van der Waals surface area contributed by atoms with Crippen molar-refractivity contribution in [2.75, 3.05) is 26.2 Å². The topological polar surface area (TPSA) is 100 Å². The highest BCUT2D eigenvalue weighted by Gasteiger charge is 2.39. The number of likely N-dealkylation sites (tertiary alicyclic amines) is 1. The molecule has 2 saturated heterocycles. The first-order chi connectivity index (χ1) is 11.0. The zero-order valence-electron chi connectivity index (χ0n) is 12.5. The summed E-state index contributed by atoms with van der Waals surface area (Å²) in [6.07, 6.45) is 0.691. The first-order valence-electron chi connectivity index (χ1n) is 7.48. The van der Waals surface area contributed by atoms with Crippen molar-refractivity contribution < 1.29 is 28.6 Å². The van der Waals surface area contributed by atoms with Crippen LogP contribution in [0.1, 0.15) is 12.2 Å². The van der Waals surface area contributed by atoms with Crippen molar-refractivity contribution in [3.8, 4) is 0 Å². The largest absolute Gasteiger partial charge is 0.479 e. The number of furan rings is 1. The molecule has 0 spiro atoms. The first-order valence-corrected chi connectivity index (χ1v) is 7.48. The number of hydrogen-bond acceptors (Lipinski definition) is 5. The maximum atomic E-state index is 12.5. The number of hydrogen-bond donors (Lipinski definition) is 1. The molecule has 3 rings (SSSR count). The molecule has 8 nitrogen and oxygen atoms in total. The van der Waals surface area contributed by atoms with E-state index in [1.807, 2.05) is 0 Å². The Kier molecular flexibility index (Phi) is 4.33. The van der Waals surface area contributed by atoms with Gasteiger partial charge in [-0.3, -0.25) is 9.59 Å². The van der Waals surface area contributed by atoms with E-state index in [0.717, 1.165) is 0 Å². The van der Waals surface area contributed by atoms with E-state index in [9.17, 15) is 14.4 Å². The number of ether oxygens (including phenoxy) is 1. The van der Waals surface area contributed by atoms with Gasteiger partial charge in [-0.25, -0.2) is 4.79 Å². The van der Waals surface area contributed by atoms with E-state index in [0.29, 0.717) is 25.4 Å². The summed E-state index contributed by atoms with van der Waals surface area (Å²) < 4.78 is 10.3. The molecule has 0 aliphatic carbocycles. The third-order valence-electron chi connectivity index (χ3n) is 4.14. The van der Waals surface area contributed by atoms with Crippen molar-refractivity contribution in [2.45, 2.75) is 19.1 Å². The van der Waals surface area contributed by atoms with Gasteiger partial charge in [0.05, 0.1) is 31.9 Å². The second-order valence-corrected chi connectivity index (χ2v) is 5.74. The van der Waals surface area contributed by atoms with E-state index in [-0.39, 0.29) is 31.4 Å². The minimum Gasteiger partial charge on any atom is -0.479 e. The molecule has 1 N–H and O–H groups in total. The highest BCUT2D eigenvalue weighted by Crippen LogP contribution is 2.23. The maximum Gasteiger partial charge on any atom is 0.334 e. The van der Waals surface area contributed by atoms with Crippen LogP contribution in [0.2, 0.25) is 0 Å². The number of carboxylic acid groups (broad SMARTS) is 1. The molecule has 2 amide bonds. The van der Waals surface area contributed by atoms with Crippen LogP contribution in [0.3, 0.4) is 0 Å². The van der Waals surface area contributed by atoms with Gasteiger partial charge in [0.2, 0.25) is 11.8 Å². The minimum atomic E-state index is -1.08. The van der Waals surface area contributed by atoms with Crippen molar-refractivity contribution in [1.82, 2.24) is 9.80 Å². The first kappa shape index (κ1) is 15.5. The summed E-state index contributed by atoms with van der Waals surface area (Å²) in [5.41, 5.74) is 0. The summed E-state index contributed by atoms with van der Waals surface area (Å²) in [6.45, 7) is 1.24. The number of morpholine rings is 1. The average molecular weight is 322 g/mol. The average Bonchev–Trinajstić information content (AvgIpc) is 3.17. The number of aliphatic carboxylic acids is 1.